The summed E-state index contributed by atoms with van der Waals surface area (Å²) in [4.78, 5) is 0. The first-order valence-electron chi connectivity index (χ1n) is 5.44. The Bertz CT molecular complexity index is 297. The Morgan fingerprint density at radius 3 is 2.53 bits per heavy atom. The van der Waals surface area contributed by atoms with E-state index in [0.717, 1.165) is 17.5 Å². The van der Waals surface area contributed by atoms with Gasteiger partial charge in [0.2, 0.25) is 0 Å². The fourth-order valence-corrected chi connectivity index (χ4v) is 1.74. The average molecular weight is 231 g/mol. The smallest absolute Gasteiger partial charge is 0.119 e. The van der Waals surface area contributed by atoms with E-state index in [1.54, 1.807) is 0 Å². The van der Waals surface area contributed by atoms with Gasteiger partial charge < -0.3 is 5.11 Å². The molecule has 1 nitrogen and oxygen atoms in total. The van der Waals surface area contributed by atoms with Gasteiger partial charge in [-0.2, -0.15) is 0 Å². The van der Waals surface area contributed by atoms with Crippen molar-refractivity contribution in [3.63, 3.8) is 0 Å². The van der Waals surface area contributed by atoms with E-state index in [0.29, 0.717) is 11.7 Å². The minimum Gasteiger partial charge on any atom is -0.508 e. The predicted molar refractivity (Wildman–Crippen MR) is 66.5 cm³/mol. The van der Waals surface area contributed by atoms with Crippen molar-refractivity contribution in [1.29, 1.82) is 0 Å². The van der Waals surface area contributed by atoms with Crippen LogP contribution in [0.3, 0.4) is 0 Å². The Kier molecular flexibility index (Phi) is 8.20. The molecule has 0 fully saturated rings. The van der Waals surface area contributed by atoms with E-state index in [-0.39, 0.29) is 51.4 Å². The molecule has 1 rings (SSSR count). The summed E-state index contributed by atoms with van der Waals surface area (Å²) in [5.74, 6) is 0.921. The van der Waals surface area contributed by atoms with Gasteiger partial charge in [-0.1, -0.05) is 38.8 Å². The third-order valence-corrected chi connectivity index (χ3v) is 2.71. The molecule has 0 saturated heterocycles. The summed E-state index contributed by atoms with van der Waals surface area (Å²) in [5, 5.41) is 9.76. The van der Waals surface area contributed by atoms with Gasteiger partial charge in [-0.3, -0.25) is 0 Å². The van der Waals surface area contributed by atoms with Crippen molar-refractivity contribution in [3.8, 4) is 5.75 Å². The SMILES string of the molecule is CCCCC(C)c1ccc(C)cc1O.[K]. The van der Waals surface area contributed by atoms with Gasteiger partial charge in [0.1, 0.15) is 5.75 Å². The van der Waals surface area contributed by atoms with E-state index >= 15 is 0 Å². The van der Waals surface area contributed by atoms with Gasteiger partial charge in [0.15, 0.2) is 0 Å². The van der Waals surface area contributed by atoms with E-state index in [1.165, 1.54) is 12.8 Å². The van der Waals surface area contributed by atoms with Crippen LogP contribution in [0.4, 0.5) is 0 Å². The van der Waals surface area contributed by atoms with E-state index in [9.17, 15) is 5.11 Å². The number of unbranched alkanes of at least 4 members (excludes halogenated alkanes) is 1. The van der Waals surface area contributed by atoms with E-state index in [2.05, 4.69) is 19.9 Å². The van der Waals surface area contributed by atoms with Crippen molar-refractivity contribution in [2.24, 2.45) is 0 Å². The number of phenols is 1. The van der Waals surface area contributed by atoms with Gasteiger partial charge in [0.05, 0.1) is 0 Å². The normalized spacial score (nSPS) is 11.9. The number of aromatic hydroxyl groups is 1. The van der Waals surface area contributed by atoms with Crippen molar-refractivity contribution in [1.82, 2.24) is 0 Å². The predicted octanol–water partition coefficient (Wildman–Crippen LogP) is 3.61. The summed E-state index contributed by atoms with van der Waals surface area (Å²) in [6.07, 6.45) is 3.61. The van der Waals surface area contributed by atoms with Gasteiger partial charge in [-0.15, -0.1) is 0 Å². The molecule has 0 saturated carbocycles. The molecule has 79 valence electrons. The number of benzene rings is 1. The quantitative estimate of drug-likeness (QED) is 0.785. The molecular weight excluding hydrogens is 211 g/mol. The number of hydrogen-bond acceptors (Lipinski definition) is 1. The molecule has 0 heterocycles. The van der Waals surface area contributed by atoms with Crippen molar-refractivity contribution < 1.29 is 5.11 Å². The van der Waals surface area contributed by atoms with Crippen molar-refractivity contribution >= 4 is 51.4 Å². The second-order valence-corrected chi connectivity index (χ2v) is 4.11. The average Bonchev–Trinajstić information content (AvgIpc) is 2.14. The molecule has 0 bridgehead atoms. The zero-order valence-corrected chi connectivity index (χ0v) is 13.5. The molecule has 1 aromatic rings. The van der Waals surface area contributed by atoms with Gasteiger partial charge >= 0.3 is 0 Å². The molecule has 0 aliphatic rings. The van der Waals surface area contributed by atoms with Gasteiger partial charge in [-0.25, -0.2) is 0 Å². The maximum atomic E-state index is 9.76. The molecule has 0 amide bonds. The van der Waals surface area contributed by atoms with Gasteiger partial charge in [0, 0.05) is 51.4 Å². The van der Waals surface area contributed by atoms with Crippen LogP contribution in [-0.2, 0) is 0 Å². The second kappa shape index (κ2) is 7.85. The van der Waals surface area contributed by atoms with E-state index in [4.69, 9.17) is 0 Å². The maximum absolute atomic E-state index is 9.76. The van der Waals surface area contributed by atoms with E-state index < -0.39 is 0 Å². The topological polar surface area (TPSA) is 20.2 Å². The Morgan fingerprint density at radius 1 is 1.33 bits per heavy atom. The summed E-state index contributed by atoms with van der Waals surface area (Å²) in [7, 11) is 0. The third-order valence-electron chi connectivity index (χ3n) is 2.71. The molecule has 1 radical (unpaired) electrons. The van der Waals surface area contributed by atoms with Gasteiger partial charge in [-0.05, 0) is 36.5 Å². The minimum atomic E-state index is 0. The molecule has 0 aliphatic heterocycles. The standard InChI is InChI=1S/C13H20O.K/c1-4-5-6-11(3)12-8-7-10(2)9-13(12)14;/h7-9,11,14H,4-6H2,1-3H3;. The minimum absolute atomic E-state index is 0. The monoisotopic (exact) mass is 231 g/mol. The van der Waals surface area contributed by atoms with Crippen LogP contribution in [0.2, 0.25) is 0 Å². The molecule has 15 heavy (non-hydrogen) atoms. The Hall–Kier alpha value is 0.656. The fourth-order valence-electron chi connectivity index (χ4n) is 1.74. The third kappa shape index (κ3) is 5.01. The maximum Gasteiger partial charge on any atom is 0.119 e. The number of aryl methyl sites for hydroxylation is 1. The molecule has 0 spiro atoms. The van der Waals surface area contributed by atoms with Crippen LogP contribution < -0.4 is 0 Å². The van der Waals surface area contributed by atoms with E-state index in [1.807, 2.05) is 19.1 Å². The molecule has 1 aromatic carbocycles. The van der Waals surface area contributed by atoms with Crippen molar-refractivity contribution in [2.75, 3.05) is 0 Å². The molecule has 1 unspecified atom stereocenters. The summed E-state index contributed by atoms with van der Waals surface area (Å²) in [6.45, 7) is 6.38. The molecular formula is C13H20KO. The first-order chi connectivity index (χ1) is 6.65. The van der Waals surface area contributed by atoms with Crippen LogP contribution in [0.1, 0.15) is 50.2 Å². The summed E-state index contributed by atoms with van der Waals surface area (Å²) >= 11 is 0. The van der Waals surface area contributed by atoms with Crippen molar-refractivity contribution in [2.45, 2.75) is 46.0 Å². The first kappa shape index (κ1) is 15.7. The Morgan fingerprint density at radius 2 is 2.00 bits per heavy atom. The Balaban J connectivity index is 0.00000196. The summed E-state index contributed by atoms with van der Waals surface area (Å²) < 4.78 is 0. The summed E-state index contributed by atoms with van der Waals surface area (Å²) in [6, 6.07) is 5.96. The molecule has 2 heteroatoms. The van der Waals surface area contributed by atoms with Crippen LogP contribution in [0.5, 0.6) is 5.75 Å². The molecule has 1 N–H and O–H groups in total. The first-order valence-corrected chi connectivity index (χ1v) is 5.44. The van der Waals surface area contributed by atoms with Crippen LogP contribution in [0.15, 0.2) is 18.2 Å². The van der Waals surface area contributed by atoms with Crippen LogP contribution >= 0.6 is 0 Å². The Labute approximate surface area is 136 Å². The van der Waals surface area contributed by atoms with Gasteiger partial charge in [0.25, 0.3) is 0 Å². The zero-order chi connectivity index (χ0) is 10.6. The van der Waals surface area contributed by atoms with Crippen LogP contribution in [-0.4, -0.2) is 56.5 Å². The second-order valence-electron chi connectivity index (χ2n) is 4.11. The zero-order valence-electron chi connectivity index (χ0n) is 10.4. The molecule has 1 atom stereocenters. The van der Waals surface area contributed by atoms with Crippen LogP contribution in [0, 0.1) is 6.92 Å². The molecule has 0 aliphatic carbocycles. The number of rotatable bonds is 4. The fraction of sp³-hybridized carbons (Fsp3) is 0.538. The number of phenolic OH excluding ortho intramolecular Hbond substituents is 1. The molecule has 0 aromatic heterocycles. The van der Waals surface area contributed by atoms with Crippen LogP contribution in [0.25, 0.3) is 0 Å². The summed E-state index contributed by atoms with van der Waals surface area (Å²) in [5.41, 5.74) is 2.21. The number of hydrogen-bond donors (Lipinski definition) is 1. The van der Waals surface area contributed by atoms with Crippen molar-refractivity contribution in [3.05, 3.63) is 29.3 Å². The largest absolute Gasteiger partial charge is 0.508 e.